The van der Waals surface area contributed by atoms with E-state index in [4.69, 9.17) is 19.3 Å². The van der Waals surface area contributed by atoms with E-state index >= 15 is 0 Å². The summed E-state index contributed by atoms with van der Waals surface area (Å²) in [6.45, 7) is 3.47. The Morgan fingerprint density at radius 1 is 0.585 bits per heavy atom. The van der Waals surface area contributed by atoms with Crippen molar-refractivity contribution in [2.24, 2.45) is 0 Å². The molecule has 3 N–H and O–H groups in total. The molecule has 0 heterocycles. The van der Waals surface area contributed by atoms with Crippen LogP contribution in [0, 0.1) is 0 Å². The minimum Gasteiger partial charge on any atom is -0.462 e. The number of allylic oxidation sites excluding steroid dienone is 11. The maximum Gasteiger partial charge on any atom is 0.469 e. The summed E-state index contributed by atoms with van der Waals surface area (Å²) in [4.78, 5) is 42.8. The molecule has 0 spiro atoms. The predicted octanol–water partition coefficient (Wildman–Crippen LogP) is 11.3. The Bertz CT molecular complexity index is 1100. The van der Waals surface area contributed by atoms with Crippen LogP contribution in [0.2, 0.25) is 0 Å². The van der Waals surface area contributed by atoms with Gasteiger partial charge in [0, 0.05) is 12.8 Å². The van der Waals surface area contributed by atoms with Gasteiger partial charge in [-0.3, -0.25) is 14.1 Å². The van der Waals surface area contributed by atoms with E-state index in [1.165, 1.54) is 44.9 Å². The maximum absolute atomic E-state index is 12.4. The average Bonchev–Trinajstić information content (AvgIpc) is 3.12. The highest BCUT2D eigenvalue weighted by molar-refractivity contribution is 7.46. The summed E-state index contributed by atoms with van der Waals surface area (Å²) in [6, 6.07) is 0. The second kappa shape index (κ2) is 37.8. The third-order valence-corrected chi connectivity index (χ3v) is 8.79. The van der Waals surface area contributed by atoms with E-state index in [1.807, 2.05) is 36.5 Å². The van der Waals surface area contributed by atoms with E-state index in [-0.39, 0.29) is 25.6 Å². The van der Waals surface area contributed by atoms with Crippen molar-refractivity contribution >= 4 is 19.8 Å². The molecule has 0 aliphatic carbocycles. The largest absolute Gasteiger partial charge is 0.469 e. The Morgan fingerprint density at radius 2 is 1.09 bits per heavy atom. The molecule has 0 amide bonds. The van der Waals surface area contributed by atoms with Crippen LogP contribution in [0.3, 0.4) is 0 Å². The second-order valence-corrected chi connectivity index (χ2v) is 14.7. The lowest BCUT2D eigenvalue weighted by Crippen LogP contribution is -2.29. The van der Waals surface area contributed by atoms with E-state index in [9.17, 15) is 19.3 Å². The number of carbonyl (C=O) groups is 2. The van der Waals surface area contributed by atoms with Crippen molar-refractivity contribution in [2.75, 3.05) is 13.2 Å². The molecule has 0 aliphatic rings. The molecule has 0 aliphatic heterocycles. The van der Waals surface area contributed by atoms with Crippen LogP contribution < -0.4 is 0 Å². The number of aliphatic hydroxyl groups excluding tert-OH is 1. The fraction of sp³-hybridized carbons (Fsp3) is 0.674. The van der Waals surface area contributed by atoms with Gasteiger partial charge in [0.2, 0.25) is 0 Å². The normalized spacial score (nSPS) is 13.8. The molecule has 0 saturated carbocycles. The Balaban J connectivity index is 4.10. The molecule has 0 rings (SSSR count). The lowest BCUT2D eigenvalue weighted by molar-refractivity contribution is -0.161. The SMILES string of the molecule is CCCCC/C=C\C/C=C\CCCCCCCCCC(=O)O[C@H](COC(=O)CCC/C=C\C/C=C\C/C=C\C=C\[C@H](O)CCCCC)COP(=O)(O)O. The van der Waals surface area contributed by atoms with Gasteiger partial charge in [0.15, 0.2) is 6.10 Å². The summed E-state index contributed by atoms with van der Waals surface area (Å²) in [5.74, 6) is -0.991. The topological polar surface area (TPSA) is 140 Å². The fourth-order valence-electron chi connectivity index (χ4n) is 5.21. The average molecular weight is 765 g/mol. The number of ether oxygens (including phenoxy) is 2. The zero-order valence-electron chi connectivity index (χ0n) is 33.0. The molecule has 0 saturated heterocycles. The van der Waals surface area contributed by atoms with Gasteiger partial charge in [0.25, 0.3) is 0 Å². The minimum absolute atomic E-state index is 0.166. The molecule has 0 fully saturated rings. The van der Waals surface area contributed by atoms with E-state index in [0.29, 0.717) is 19.3 Å². The van der Waals surface area contributed by atoms with Crippen LogP contribution in [-0.2, 0) is 28.2 Å². The number of phosphoric acid groups is 1. The Morgan fingerprint density at radius 3 is 1.72 bits per heavy atom. The van der Waals surface area contributed by atoms with Crippen LogP contribution in [0.4, 0.5) is 0 Å². The monoisotopic (exact) mass is 764 g/mol. The van der Waals surface area contributed by atoms with E-state index in [1.54, 1.807) is 0 Å². The predicted molar refractivity (Wildman–Crippen MR) is 217 cm³/mol. The smallest absolute Gasteiger partial charge is 0.462 e. The van der Waals surface area contributed by atoms with E-state index in [2.05, 4.69) is 54.8 Å². The first kappa shape index (κ1) is 50.5. The molecule has 0 aromatic rings. The number of hydrogen-bond donors (Lipinski definition) is 3. The van der Waals surface area contributed by atoms with Crippen LogP contribution in [-0.4, -0.2) is 52.3 Å². The first-order valence-electron chi connectivity index (χ1n) is 20.3. The van der Waals surface area contributed by atoms with Gasteiger partial charge in [0.05, 0.1) is 12.7 Å². The highest BCUT2D eigenvalue weighted by atomic mass is 31.2. The standard InChI is InChI=1S/C43H73O9P/c1-3-5-7-8-9-10-11-12-13-14-15-16-19-23-26-29-33-37-43(46)52-41(39-51-53(47,48)49)38-50-42(45)36-32-28-25-22-20-17-18-21-24-27-31-35-40(44)34-30-6-4-2/h9-10,12-13,17-18,22,24-25,27,31,35,40-41,44H,3-8,11,14-16,19-21,23,26,28-30,32-34,36-39H2,1-2H3,(H2,47,48,49)/b10-9-,13-12-,18-17-,25-22-,27-24-,35-31+/t40-,41-/m1/s1. The number of aliphatic hydroxyl groups is 1. The molecule has 10 heteroatoms. The lowest BCUT2D eigenvalue weighted by atomic mass is 10.1. The molecule has 0 aromatic carbocycles. The highest BCUT2D eigenvalue weighted by Gasteiger charge is 2.22. The molecule has 0 radical (unpaired) electrons. The van der Waals surface area contributed by atoms with Crippen LogP contribution >= 0.6 is 7.82 Å². The van der Waals surface area contributed by atoms with Crippen molar-refractivity contribution in [3.63, 3.8) is 0 Å². The third-order valence-electron chi connectivity index (χ3n) is 8.30. The molecule has 0 bridgehead atoms. The fourth-order valence-corrected chi connectivity index (χ4v) is 5.57. The van der Waals surface area contributed by atoms with Crippen molar-refractivity contribution in [3.05, 3.63) is 72.9 Å². The summed E-state index contributed by atoms with van der Waals surface area (Å²) in [5.41, 5.74) is 0. The number of esters is 2. The summed E-state index contributed by atoms with van der Waals surface area (Å²) in [6.07, 6.45) is 45.2. The zero-order chi connectivity index (χ0) is 39.1. The third kappa shape index (κ3) is 40.5. The molecule has 0 aromatic heterocycles. The van der Waals surface area contributed by atoms with Crippen molar-refractivity contribution < 1.29 is 43.0 Å². The van der Waals surface area contributed by atoms with Crippen LogP contribution in [0.1, 0.15) is 162 Å². The summed E-state index contributed by atoms with van der Waals surface area (Å²) < 4.78 is 26.3. The summed E-state index contributed by atoms with van der Waals surface area (Å²) >= 11 is 0. The van der Waals surface area contributed by atoms with Crippen LogP contribution in [0.5, 0.6) is 0 Å². The minimum atomic E-state index is -4.78. The summed E-state index contributed by atoms with van der Waals surface area (Å²) in [5, 5.41) is 9.86. The number of hydrogen-bond acceptors (Lipinski definition) is 7. The van der Waals surface area contributed by atoms with Gasteiger partial charge in [-0.1, -0.05) is 151 Å². The number of rotatable bonds is 36. The first-order valence-corrected chi connectivity index (χ1v) is 21.9. The van der Waals surface area contributed by atoms with Crippen LogP contribution in [0.15, 0.2) is 72.9 Å². The maximum atomic E-state index is 12.4. The second-order valence-electron chi connectivity index (χ2n) is 13.5. The van der Waals surface area contributed by atoms with Crippen molar-refractivity contribution in [1.29, 1.82) is 0 Å². The quantitative estimate of drug-likeness (QED) is 0.0187. The number of carbonyl (C=O) groups excluding carboxylic acids is 2. The number of phosphoric ester groups is 1. The van der Waals surface area contributed by atoms with Gasteiger partial charge in [0.1, 0.15) is 6.61 Å². The molecule has 0 unspecified atom stereocenters. The molecular weight excluding hydrogens is 691 g/mol. The van der Waals surface area contributed by atoms with Gasteiger partial charge in [-0.05, 0) is 70.6 Å². The Hall–Kier alpha value is -2.55. The molecule has 9 nitrogen and oxygen atoms in total. The van der Waals surface area contributed by atoms with Gasteiger partial charge in [-0.2, -0.15) is 0 Å². The molecule has 53 heavy (non-hydrogen) atoms. The molecular formula is C43H73O9P. The van der Waals surface area contributed by atoms with Gasteiger partial charge in [-0.25, -0.2) is 4.57 Å². The molecule has 2 atom stereocenters. The summed E-state index contributed by atoms with van der Waals surface area (Å²) in [7, 11) is -4.78. The zero-order valence-corrected chi connectivity index (χ0v) is 33.9. The first-order chi connectivity index (χ1) is 25.7. The van der Waals surface area contributed by atoms with E-state index < -0.39 is 32.5 Å². The molecule has 304 valence electrons. The van der Waals surface area contributed by atoms with Crippen molar-refractivity contribution in [3.8, 4) is 0 Å². The van der Waals surface area contributed by atoms with Crippen molar-refractivity contribution in [2.45, 2.75) is 174 Å². The van der Waals surface area contributed by atoms with Gasteiger partial charge in [-0.15, -0.1) is 0 Å². The number of unbranched alkanes of at least 4 members (excludes halogenated alkanes) is 13. The Labute approximate surface area is 322 Å². The van der Waals surface area contributed by atoms with Gasteiger partial charge >= 0.3 is 19.8 Å². The van der Waals surface area contributed by atoms with Crippen LogP contribution in [0.25, 0.3) is 0 Å². The Kier molecular flexibility index (Phi) is 35.9. The lowest BCUT2D eigenvalue weighted by Gasteiger charge is -2.18. The van der Waals surface area contributed by atoms with E-state index in [0.717, 1.165) is 70.6 Å². The van der Waals surface area contributed by atoms with Crippen molar-refractivity contribution in [1.82, 2.24) is 0 Å². The highest BCUT2D eigenvalue weighted by Crippen LogP contribution is 2.36. The van der Waals surface area contributed by atoms with Gasteiger partial charge < -0.3 is 24.4 Å².